The summed E-state index contributed by atoms with van der Waals surface area (Å²) in [6.07, 6.45) is 2.57. The smallest absolute Gasteiger partial charge is 0.0512 e. The highest BCUT2D eigenvalue weighted by Crippen LogP contribution is 2.28. The van der Waals surface area contributed by atoms with Gasteiger partial charge < -0.3 is 10.2 Å². The number of rotatable bonds is 7. The molecule has 0 saturated heterocycles. The van der Waals surface area contributed by atoms with Crippen molar-refractivity contribution in [2.75, 3.05) is 13.2 Å². The number of hydrogen-bond donors (Lipinski definition) is 2. The lowest BCUT2D eigenvalue weighted by Crippen LogP contribution is -2.32. The SMILES string of the molecule is CCCC(CO)(CO)Cc1ccc(C(C)C)cc1. The van der Waals surface area contributed by atoms with Crippen molar-refractivity contribution in [3.8, 4) is 0 Å². The Morgan fingerprint density at radius 1 is 1.06 bits per heavy atom. The van der Waals surface area contributed by atoms with Gasteiger partial charge in [0, 0.05) is 5.41 Å². The molecule has 2 nitrogen and oxygen atoms in total. The van der Waals surface area contributed by atoms with Crippen molar-refractivity contribution in [2.24, 2.45) is 5.41 Å². The zero-order chi connectivity index (χ0) is 13.6. The molecule has 18 heavy (non-hydrogen) atoms. The van der Waals surface area contributed by atoms with Gasteiger partial charge in [0.05, 0.1) is 13.2 Å². The fourth-order valence-corrected chi connectivity index (χ4v) is 2.39. The van der Waals surface area contributed by atoms with E-state index >= 15 is 0 Å². The molecule has 102 valence electrons. The van der Waals surface area contributed by atoms with Gasteiger partial charge in [-0.3, -0.25) is 0 Å². The second-order valence-corrected chi connectivity index (χ2v) is 5.64. The Morgan fingerprint density at radius 3 is 2.00 bits per heavy atom. The minimum absolute atomic E-state index is 0.0449. The molecule has 1 aromatic rings. The normalized spacial score (nSPS) is 12.1. The molecule has 2 heteroatoms. The Balaban J connectivity index is 2.81. The first-order chi connectivity index (χ1) is 8.56. The van der Waals surface area contributed by atoms with Crippen LogP contribution < -0.4 is 0 Å². The van der Waals surface area contributed by atoms with Crippen LogP contribution in [0.4, 0.5) is 0 Å². The fourth-order valence-electron chi connectivity index (χ4n) is 2.39. The van der Waals surface area contributed by atoms with Crippen molar-refractivity contribution >= 4 is 0 Å². The largest absolute Gasteiger partial charge is 0.396 e. The van der Waals surface area contributed by atoms with Gasteiger partial charge in [0.1, 0.15) is 0 Å². The third kappa shape index (κ3) is 3.82. The van der Waals surface area contributed by atoms with Crippen LogP contribution in [0, 0.1) is 5.41 Å². The Morgan fingerprint density at radius 2 is 1.61 bits per heavy atom. The lowest BCUT2D eigenvalue weighted by Gasteiger charge is -2.29. The highest BCUT2D eigenvalue weighted by Gasteiger charge is 2.28. The minimum Gasteiger partial charge on any atom is -0.396 e. The van der Waals surface area contributed by atoms with E-state index in [1.165, 1.54) is 11.1 Å². The molecule has 0 bridgehead atoms. The molecule has 0 spiro atoms. The van der Waals surface area contributed by atoms with Gasteiger partial charge in [0.25, 0.3) is 0 Å². The van der Waals surface area contributed by atoms with E-state index in [0.29, 0.717) is 5.92 Å². The quantitative estimate of drug-likeness (QED) is 0.780. The summed E-state index contributed by atoms with van der Waals surface area (Å²) in [5, 5.41) is 19.1. The molecule has 0 fully saturated rings. The van der Waals surface area contributed by atoms with Gasteiger partial charge in [-0.1, -0.05) is 51.5 Å². The number of hydrogen-bond acceptors (Lipinski definition) is 2. The van der Waals surface area contributed by atoms with Gasteiger partial charge in [-0.25, -0.2) is 0 Å². The number of aliphatic hydroxyl groups is 2. The molecule has 1 aromatic carbocycles. The van der Waals surface area contributed by atoms with E-state index in [0.717, 1.165) is 19.3 Å². The summed E-state index contributed by atoms with van der Waals surface area (Å²) in [4.78, 5) is 0. The van der Waals surface area contributed by atoms with E-state index in [9.17, 15) is 10.2 Å². The molecular weight excluding hydrogens is 224 g/mol. The highest BCUT2D eigenvalue weighted by atomic mass is 16.3. The molecule has 0 unspecified atom stereocenters. The molecule has 0 aliphatic rings. The highest BCUT2D eigenvalue weighted by molar-refractivity contribution is 5.25. The second-order valence-electron chi connectivity index (χ2n) is 5.64. The van der Waals surface area contributed by atoms with Crippen molar-refractivity contribution in [3.63, 3.8) is 0 Å². The summed E-state index contributed by atoms with van der Waals surface area (Å²) in [6, 6.07) is 8.52. The summed E-state index contributed by atoms with van der Waals surface area (Å²) in [7, 11) is 0. The molecule has 0 aromatic heterocycles. The van der Waals surface area contributed by atoms with Gasteiger partial charge in [0.15, 0.2) is 0 Å². The Bertz CT molecular complexity index is 337. The molecule has 0 radical (unpaired) electrons. The topological polar surface area (TPSA) is 40.5 Å². The number of benzene rings is 1. The van der Waals surface area contributed by atoms with Crippen molar-refractivity contribution in [3.05, 3.63) is 35.4 Å². The fraction of sp³-hybridized carbons (Fsp3) is 0.625. The van der Waals surface area contributed by atoms with E-state index in [2.05, 4.69) is 45.0 Å². The molecule has 0 saturated carbocycles. The van der Waals surface area contributed by atoms with E-state index in [1.54, 1.807) is 0 Å². The van der Waals surface area contributed by atoms with Crippen LogP contribution in [0.3, 0.4) is 0 Å². The average Bonchev–Trinajstić information content (AvgIpc) is 2.38. The first kappa shape index (κ1) is 15.2. The van der Waals surface area contributed by atoms with Crippen LogP contribution in [0.5, 0.6) is 0 Å². The third-order valence-corrected chi connectivity index (χ3v) is 3.68. The second kappa shape index (κ2) is 6.91. The molecule has 0 aliphatic carbocycles. The minimum atomic E-state index is -0.367. The standard InChI is InChI=1S/C16H26O2/c1-4-9-16(11-17,12-18)10-14-5-7-15(8-6-14)13(2)3/h5-8,13,17-18H,4,9-12H2,1-3H3. The lowest BCUT2D eigenvalue weighted by atomic mass is 9.79. The van der Waals surface area contributed by atoms with Crippen LogP contribution in [-0.4, -0.2) is 23.4 Å². The summed E-state index contributed by atoms with van der Waals surface area (Å²) < 4.78 is 0. The lowest BCUT2D eigenvalue weighted by molar-refractivity contribution is 0.0466. The molecule has 0 heterocycles. The van der Waals surface area contributed by atoms with Crippen LogP contribution in [0.25, 0.3) is 0 Å². The van der Waals surface area contributed by atoms with Crippen LogP contribution in [0.15, 0.2) is 24.3 Å². The van der Waals surface area contributed by atoms with E-state index in [4.69, 9.17) is 0 Å². The zero-order valence-corrected chi connectivity index (χ0v) is 11.8. The maximum absolute atomic E-state index is 9.55. The molecule has 1 rings (SSSR count). The van der Waals surface area contributed by atoms with E-state index in [-0.39, 0.29) is 18.6 Å². The van der Waals surface area contributed by atoms with Crippen LogP contribution >= 0.6 is 0 Å². The van der Waals surface area contributed by atoms with Crippen LogP contribution in [-0.2, 0) is 6.42 Å². The van der Waals surface area contributed by atoms with Gasteiger partial charge >= 0.3 is 0 Å². The van der Waals surface area contributed by atoms with Crippen molar-refractivity contribution in [1.82, 2.24) is 0 Å². The van der Waals surface area contributed by atoms with Gasteiger partial charge in [-0.2, -0.15) is 0 Å². The van der Waals surface area contributed by atoms with E-state index < -0.39 is 0 Å². The van der Waals surface area contributed by atoms with Gasteiger partial charge in [-0.15, -0.1) is 0 Å². The summed E-state index contributed by atoms with van der Waals surface area (Å²) in [6.45, 7) is 6.53. The maximum atomic E-state index is 9.55. The van der Waals surface area contributed by atoms with Gasteiger partial charge in [-0.05, 0) is 29.9 Å². The predicted molar refractivity (Wildman–Crippen MR) is 75.7 cm³/mol. The number of aliphatic hydroxyl groups excluding tert-OH is 2. The Hall–Kier alpha value is -0.860. The Labute approximate surface area is 111 Å². The summed E-state index contributed by atoms with van der Waals surface area (Å²) in [5.41, 5.74) is 2.15. The zero-order valence-electron chi connectivity index (χ0n) is 11.8. The van der Waals surface area contributed by atoms with Crippen molar-refractivity contribution in [2.45, 2.75) is 46.0 Å². The molecule has 0 amide bonds. The van der Waals surface area contributed by atoms with Crippen molar-refractivity contribution in [1.29, 1.82) is 0 Å². The van der Waals surface area contributed by atoms with Gasteiger partial charge in [0.2, 0.25) is 0 Å². The third-order valence-electron chi connectivity index (χ3n) is 3.68. The van der Waals surface area contributed by atoms with Crippen LogP contribution in [0.2, 0.25) is 0 Å². The van der Waals surface area contributed by atoms with Crippen molar-refractivity contribution < 1.29 is 10.2 Å². The first-order valence-corrected chi connectivity index (χ1v) is 6.87. The Kier molecular flexibility index (Phi) is 5.83. The predicted octanol–water partition coefficient (Wildman–Crippen LogP) is 3.12. The van der Waals surface area contributed by atoms with Crippen LogP contribution in [0.1, 0.15) is 50.7 Å². The maximum Gasteiger partial charge on any atom is 0.0512 e. The average molecular weight is 250 g/mol. The molecule has 0 aliphatic heterocycles. The summed E-state index contributed by atoms with van der Waals surface area (Å²) in [5.74, 6) is 0.537. The summed E-state index contributed by atoms with van der Waals surface area (Å²) >= 11 is 0. The van der Waals surface area contributed by atoms with E-state index in [1.807, 2.05) is 0 Å². The first-order valence-electron chi connectivity index (χ1n) is 6.87. The molecular formula is C16H26O2. The monoisotopic (exact) mass is 250 g/mol. The molecule has 2 N–H and O–H groups in total. The molecule has 0 atom stereocenters.